The summed E-state index contributed by atoms with van der Waals surface area (Å²) >= 11 is 0. The lowest BCUT2D eigenvalue weighted by molar-refractivity contribution is 0.209. The highest BCUT2D eigenvalue weighted by Gasteiger charge is 1.98. The third kappa shape index (κ3) is 1.45. The molecule has 1 amide bonds. The number of aromatic nitrogens is 1. The third-order valence-corrected chi connectivity index (χ3v) is 0.615. The average Bonchev–Trinajstić information content (AvgIpc) is 2.15. The van der Waals surface area contributed by atoms with Gasteiger partial charge in [0.1, 0.15) is 0 Å². The van der Waals surface area contributed by atoms with Crippen molar-refractivity contribution in [2.24, 2.45) is 5.73 Å². The minimum Gasteiger partial charge on any atom is -0.448 e. The van der Waals surface area contributed by atoms with Gasteiger partial charge in [-0.3, -0.25) is 0 Å². The zero-order valence-corrected chi connectivity index (χ0v) is 4.40. The molecule has 1 rings (SSSR count). The van der Waals surface area contributed by atoms with E-state index in [-0.39, 0.29) is 5.88 Å². The molecular formula is C4H4N2O3. The van der Waals surface area contributed by atoms with Crippen molar-refractivity contribution < 1.29 is 13.9 Å². The fraction of sp³-hybridized carbons (Fsp3) is 0. The van der Waals surface area contributed by atoms with Gasteiger partial charge in [-0.2, -0.15) is 4.98 Å². The van der Waals surface area contributed by atoms with Crippen LogP contribution in [0.2, 0.25) is 0 Å². The lowest BCUT2D eigenvalue weighted by Gasteiger charge is -1.89. The first-order valence-corrected chi connectivity index (χ1v) is 2.14. The van der Waals surface area contributed by atoms with E-state index in [9.17, 15) is 4.79 Å². The summed E-state index contributed by atoms with van der Waals surface area (Å²) in [6.45, 7) is 0. The molecule has 1 heterocycles. The smallest absolute Gasteiger partial charge is 0.411 e. The van der Waals surface area contributed by atoms with Crippen molar-refractivity contribution in [1.29, 1.82) is 0 Å². The van der Waals surface area contributed by atoms with Gasteiger partial charge in [0.2, 0.25) is 0 Å². The Labute approximate surface area is 50.4 Å². The van der Waals surface area contributed by atoms with Gasteiger partial charge in [0.25, 0.3) is 5.88 Å². The van der Waals surface area contributed by atoms with Crippen LogP contribution in [0.15, 0.2) is 17.1 Å². The molecule has 0 saturated heterocycles. The van der Waals surface area contributed by atoms with Crippen LogP contribution >= 0.6 is 0 Å². The van der Waals surface area contributed by atoms with E-state index < -0.39 is 6.09 Å². The van der Waals surface area contributed by atoms with Crippen LogP contribution in [0.25, 0.3) is 0 Å². The van der Waals surface area contributed by atoms with Gasteiger partial charge in [-0.25, -0.2) is 4.79 Å². The Balaban J connectivity index is 2.58. The van der Waals surface area contributed by atoms with Gasteiger partial charge < -0.3 is 14.9 Å². The maximum Gasteiger partial charge on any atom is 0.411 e. The van der Waals surface area contributed by atoms with Crippen LogP contribution in [-0.2, 0) is 0 Å². The van der Waals surface area contributed by atoms with Gasteiger partial charge in [-0.15, -0.1) is 0 Å². The number of nitrogens with zero attached hydrogens (tertiary/aromatic N) is 1. The molecule has 0 aliphatic rings. The van der Waals surface area contributed by atoms with E-state index in [4.69, 9.17) is 0 Å². The second kappa shape index (κ2) is 2.17. The van der Waals surface area contributed by atoms with E-state index in [0.29, 0.717) is 0 Å². The number of nitrogens with two attached hydrogens (primary N) is 1. The Bertz CT molecular complexity index is 194. The molecule has 48 valence electrons. The molecule has 0 bridgehead atoms. The number of ether oxygens (including phenoxy) is 1. The highest BCUT2D eigenvalue weighted by atomic mass is 16.6. The minimum absolute atomic E-state index is 0.0718. The van der Waals surface area contributed by atoms with Gasteiger partial charge in [0.05, 0.1) is 0 Å². The molecule has 0 fully saturated rings. The molecule has 5 nitrogen and oxygen atoms in total. The third-order valence-electron chi connectivity index (χ3n) is 0.615. The minimum atomic E-state index is -0.899. The summed E-state index contributed by atoms with van der Waals surface area (Å²) in [6, 6.07) is 0. The quantitative estimate of drug-likeness (QED) is 0.583. The Kier molecular flexibility index (Phi) is 1.35. The molecule has 0 atom stereocenters. The molecule has 0 unspecified atom stereocenters. The number of primary amides is 1. The normalized spacial score (nSPS) is 8.89. The molecule has 1 aromatic heterocycles. The van der Waals surface area contributed by atoms with Crippen molar-refractivity contribution in [3.8, 4) is 5.88 Å². The SMILES string of the molecule is NC(=O)Oc1cocn1. The monoisotopic (exact) mass is 128 g/mol. The van der Waals surface area contributed by atoms with Gasteiger partial charge >= 0.3 is 6.09 Å². The van der Waals surface area contributed by atoms with E-state index in [0.717, 1.165) is 6.39 Å². The van der Waals surface area contributed by atoms with Gasteiger partial charge in [-0.1, -0.05) is 0 Å². The molecule has 1 aromatic rings. The predicted molar refractivity (Wildman–Crippen MR) is 26.7 cm³/mol. The molecule has 0 spiro atoms. The first-order chi connectivity index (χ1) is 4.29. The Morgan fingerprint density at radius 2 is 2.67 bits per heavy atom. The maximum atomic E-state index is 9.98. The van der Waals surface area contributed by atoms with Crippen molar-refractivity contribution >= 4 is 6.09 Å². The first-order valence-electron chi connectivity index (χ1n) is 2.14. The van der Waals surface area contributed by atoms with Crippen molar-refractivity contribution in [3.05, 3.63) is 12.7 Å². The number of amides is 1. The molecule has 0 aliphatic carbocycles. The van der Waals surface area contributed by atoms with Crippen LogP contribution in [-0.4, -0.2) is 11.1 Å². The van der Waals surface area contributed by atoms with Gasteiger partial charge in [0, 0.05) is 0 Å². The zero-order valence-electron chi connectivity index (χ0n) is 4.40. The molecule has 5 heteroatoms. The summed E-state index contributed by atoms with van der Waals surface area (Å²) in [4.78, 5) is 13.5. The Morgan fingerprint density at radius 1 is 1.89 bits per heavy atom. The van der Waals surface area contributed by atoms with E-state index in [1.807, 2.05) is 0 Å². The lowest BCUT2D eigenvalue weighted by Crippen LogP contribution is -2.16. The zero-order chi connectivity index (χ0) is 6.69. The van der Waals surface area contributed by atoms with Crippen LogP contribution < -0.4 is 10.5 Å². The summed E-state index contributed by atoms with van der Waals surface area (Å²) in [5.41, 5.74) is 4.64. The lowest BCUT2D eigenvalue weighted by atomic mass is 10.9. The van der Waals surface area contributed by atoms with Crippen molar-refractivity contribution in [2.45, 2.75) is 0 Å². The molecule has 0 aliphatic heterocycles. The molecule has 2 N–H and O–H groups in total. The summed E-state index contributed by atoms with van der Waals surface area (Å²) < 4.78 is 8.76. The van der Waals surface area contributed by atoms with Crippen molar-refractivity contribution in [1.82, 2.24) is 4.98 Å². The molecular weight excluding hydrogens is 124 g/mol. The Morgan fingerprint density at radius 3 is 3.11 bits per heavy atom. The Hall–Kier alpha value is -1.52. The summed E-state index contributed by atoms with van der Waals surface area (Å²) in [6.07, 6.45) is 1.41. The van der Waals surface area contributed by atoms with Crippen LogP contribution in [0.3, 0.4) is 0 Å². The van der Waals surface area contributed by atoms with Gasteiger partial charge in [0.15, 0.2) is 12.7 Å². The van der Waals surface area contributed by atoms with Crippen molar-refractivity contribution in [3.63, 3.8) is 0 Å². The van der Waals surface area contributed by atoms with Crippen LogP contribution in [0.5, 0.6) is 5.88 Å². The second-order valence-electron chi connectivity index (χ2n) is 1.25. The highest BCUT2D eigenvalue weighted by molar-refractivity contribution is 5.67. The molecule has 0 saturated carbocycles. The fourth-order valence-electron chi connectivity index (χ4n) is 0.355. The molecule has 9 heavy (non-hydrogen) atoms. The maximum absolute atomic E-state index is 9.98. The average molecular weight is 128 g/mol. The summed E-state index contributed by atoms with van der Waals surface area (Å²) in [7, 11) is 0. The second-order valence-corrected chi connectivity index (χ2v) is 1.25. The van der Waals surface area contributed by atoms with Crippen LogP contribution in [0, 0.1) is 0 Å². The number of hydrogen-bond acceptors (Lipinski definition) is 4. The van der Waals surface area contributed by atoms with E-state index in [2.05, 4.69) is 19.9 Å². The van der Waals surface area contributed by atoms with E-state index in [1.165, 1.54) is 6.26 Å². The largest absolute Gasteiger partial charge is 0.448 e. The molecule has 0 radical (unpaired) electrons. The van der Waals surface area contributed by atoms with E-state index >= 15 is 0 Å². The fourth-order valence-corrected chi connectivity index (χ4v) is 0.355. The standard InChI is InChI=1S/C4H4N2O3/c5-4(7)9-3-1-8-2-6-3/h1-2H,(H2,5,7). The number of oxazole rings is 1. The number of hydrogen-bond donors (Lipinski definition) is 1. The highest BCUT2D eigenvalue weighted by Crippen LogP contribution is 2.02. The van der Waals surface area contributed by atoms with Crippen molar-refractivity contribution in [2.75, 3.05) is 0 Å². The summed E-state index contributed by atoms with van der Waals surface area (Å²) in [5.74, 6) is 0.0718. The number of rotatable bonds is 1. The first kappa shape index (κ1) is 5.61. The van der Waals surface area contributed by atoms with Gasteiger partial charge in [-0.05, 0) is 0 Å². The van der Waals surface area contributed by atoms with Crippen LogP contribution in [0.1, 0.15) is 0 Å². The van der Waals surface area contributed by atoms with E-state index in [1.54, 1.807) is 0 Å². The topological polar surface area (TPSA) is 78.4 Å². The number of carbonyl (C=O) groups is 1. The molecule has 0 aromatic carbocycles. The number of carbonyl (C=O) groups excluding carboxylic acids is 1. The summed E-state index contributed by atoms with van der Waals surface area (Å²) in [5, 5.41) is 0. The predicted octanol–water partition coefficient (Wildman–Crippen LogP) is 0.132. The van der Waals surface area contributed by atoms with Crippen LogP contribution in [0.4, 0.5) is 4.79 Å².